The normalized spacial score (nSPS) is 25.9. The van der Waals surface area contributed by atoms with Crippen molar-refractivity contribution in [3.05, 3.63) is 0 Å². The molecule has 0 radical (unpaired) electrons. The minimum absolute atomic E-state index is 0.0147. The van der Waals surface area contributed by atoms with Crippen molar-refractivity contribution in [1.82, 2.24) is 10.2 Å². The molecule has 1 heterocycles. The number of carbonyl (C=O) groups excluding carboxylic acids is 2. The van der Waals surface area contributed by atoms with Crippen LogP contribution in [0, 0.1) is 17.3 Å². The second kappa shape index (κ2) is 5.74. The molecule has 0 bridgehead atoms. The molecule has 1 N–H and O–H groups in total. The van der Waals surface area contributed by atoms with Gasteiger partial charge in [-0.15, -0.1) is 0 Å². The minimum atomic E-state index is -0.326. The molecule has 2 aliphatic rings. The fourth-order valence-corrected chi connectivity index (χ4v) is 3.14. The molecule has 4 nitrogen and oxygen atoms in total. The van der Waals surface area contributed by atoms with Crippen LogP contribution in [-0.2, 0) is 9.59 Å². The monoisotopic (exact) mass is 280 g/mol. The van der Waals surface area contributed by atoms with E-state index in [1.54, 1.807) is 0 Å². The molecule has 1 aliphatic carbocycles. The van der Waals surface area contributed by atoms with E-state index < -0.39 is 0 Å². The van der Waals surface area contributed by atoms with Crippen molar-refractivity contribution in [2.75, 3.05) is 13.1 Å². The van der Waals surface area contributed by atoms with Gasteiger partial charge in [-0.2, -0.15) is 0 Å². The molecule has 1 aliphatic heterocycles. The highest BCUT2D eigenvalue weighted by molar-refractivity contribution is 5.90. The Morgan fingerprint density at radius 2 is 1.90 bits per heavy atom. The molecule has 114 valence electrons. The van der Waals surface area contributed by atoms with Gasteiger partial charge in [0.15, 0.2) is 0 Å². The zero-order chi connectivity index (χ0) is 14.9. The van der Waals surface area contributed by atoms with Gasteiger partial charge in [-0.1, -0.05) is 27.7 Å². The highest BCUT2D eigenvalue weighted by Crippen LogP contribution is 2.52. The van der Waals surface area contributed by atoms with Gasteiger partial charge in [0, 0.05) is 19.5 Å². The van der Waals surface area contributed by atoms with Gasteiger partial charge in [-0.05, 0) is 36.5 Å². The lowest BCUT2D eigenvalue weighted by atomic mass is 9.91. The third kappa shape index (κ3) is 3.33. The molecule has 4 heteroatoms. The third-order valence-electron chi connectivity index (χ3n) is 4.88. The van der Waals surface area contributed by atoms with Crippen molar-refractivity contribution >= 4 is 11.8 Å². The predicted molar refractivity (Wildman–Crippen MR) is 79.1 cm³/mol. The standard InChI is InChI=1S/C16H28N2O2/c1-11(2)9-13-15(20)18(8-5-14(19)17-13)10-16(6-7-16)12(3)4/h11-13H,5-10H2,1-4H3,(H,17,19). The lowest BCUT2D eigenvalue weighted by Gasteiger charge is -2.30. The number of hydrogen-bond donors (Lipinski definition) is 1. The molecule has 2 rings (SSSR count). The first kappa shape index (κ1) is 15.3. The molecule has 1 saturated heterocycles. The average Bonchev–Trinajstić information content (AvgIpc) is 3.13. The van der Waals surface area contributed by atoms with Gasteiger partial charge in [0.05, 0.1) is 0 Å². The van der Waals surface area contributed by atoms with E-state index in [1.807, 2.05) is 4.90 Å². The largest absolute Gasteiger partial charge is 0.344 e. The Balaban J connectivity index is 2.07. The zero-order valence-electron chi connectivity index (χ0n) is 13.2. The summed E-state index contributed by atoms with van der Waals surface area (Å²) in [7, 11) is 0. The van der Waals surface area contributed by atoms with Crippen LogP contribution in [-0.4, -0.2) is 35.8 Å². The van der Waals surface area contributed by atoms with E-state index >= 15 is 0 Å². The van der Waals surface area contributed by atoms with E-state index in [2.05, 4.69) is 33.0 Å². The molecule has 2 amide bonds. The molecule has 0 aromatic carbocycles. The van der Waals surface area contributed by atoms with Gasteiger partial charge in [0.25, 0.3) is 0 Å². The third-order valence-corrected chi connectivity index (χ3v) is 4.88. The van der Waals surface area contributed by atoms with E-state index in [4.69, 9.17) is 0 Å². The second-order valence-electron chi connectivity index (χ2n) is 7.28. The summed E-state index contributed by atoms with van der Waals surface area (Å²) in [6.07, 6.45) is 3.60. The lowest BCUT2D eigenvalue weighted by molar-refractivity contribution is -0.135. The molecule has 1 atom stereocenters. The SMILES string of the molecule is CC(C)CC1NC(=O)CCN(CC2(C(C)C)CC2)C1=O. The topological polar surface area (TPSA) is 49.4 Å². The Morgan fingerprint density at radius 1 is 1.25 bits per heavy atom. The number of nitrogens with zero attached hydrogens (tertiary/aromatic N) is 1. The number of amides is 2. The summed E-state index contributed by atoms with van der Waals surface area (Å²) < 4.78 is 0. The molecular formula is C16H28N2O2. The van der Waals surface area contributed by atoms with Crippen molar-refractivity contribution in [3.63, 3.8) is 0 Å². The molecule has 1 saturated carbocycles. The Labute approximate surface area is 122 Å². The fourth-order valence-electron chi connectivity index (χ4n) is 3.14. The second-order valence-corrected chi connectivity index (χ2v) is 7.28. The molecule has 20 heavy (non-hydrogen) atoms. The summed E-state index contributed by atoms with van der Waals surface area (Å²) in [5, 5.41) is 2.90. The minimum Gasteiger partial charge on any atom is -0.344 e. The first-order chi connectivity index (χ1) is 9.34. The summed E-state index contributed by atoms with van der Waals surface area (Å²) in [6, 6.07) is -0.326. The van der Waals surface area contributed by atoms with Gasteiger partial charge in [-0.3, -0.25) is 9.59 Å². The number of hydrogen-bond acceptors (Lipinski definition) is 2. The van der Waals surface area contributed by atoms with Crippen LogP contribution in [0.1, 0.15) is 53.4 Å². The Kier molecular flexibility index (Phi) is 4.40. The maximum absolute atomic E-state index is 12.7. The van der Waals surface area contributed by atoms with Crippen molar-refractivity contribution in [2.24, 2.45) is 17.3 Å². The van der Waals surface area contributed by atoms with Crippen molar-refractivity contribution in [3.8, 4) is 0 Å². The van der Waals surface area contributed by atoms with E-state index in [-0.39, 0.29) is 17.9 Å². The van der Waals surface area contributed by atoms with Crippen LogP contribution in [0.4, 0.5) is 0 Å². The van der Waals surface area contributed by atoms with Gasteiger partial charge < -0.3 is 10.2 Å². The summed E-state index contributed by atoms with van der Waals surface area (Å²) in [5.41, 5.74) is 0.311. The van der Waals surface area contributed by atoms with Crippen LogP contribution in [0.2, 0.25) is 0 Å². The van der Waals surface area contributed by atoms with Crippen LogP contribution >= 0.6 is 0 Å². The van der Waals surface area contributed by atoms with E-state index in [1.165, 1.54) is 12.8 Å². The summed E-state index contributed by atoms with van der Waals surface area (Å²) in [4.78, 5) is 26.4. The fraction of sp³-hybridized carbons (Fsp3) is 0.875. The number of carbonyl (C=O) groups is 2. The van der Waals surface area contributed by atoms with Crippen LogP contribution in [0.25, 0.3) is 0 Å². The van der Waals surface area contributed by atoms with Gasteiger partial charge >= 0.3 is 0 Å². The Morgan fingerprint density at radius 3 is 2.40 bits per heavy atom. The highest BCUT2D eigenvalue weighted by atomic mass is 16.2. The molecular weight excluding hydrogens is 252 g/mol. The van der Waals surface area contributed by atoms with Crippen LogP contribution in [0.3, 0.4) is 0 Å². The lowest BCUT2D eigenvalue weighted by Crippen LogP contribution is -2.47. The molecule has 0 aromatic rings. The first-order valence-corrected chi connectivity index (χ1v) is 7.92. The van der Waals surface area contributed by atoms with Gasteiger partial charge in [0.1, 0.15) is 6.04 Å². The Bertz CT molecular complexity index is 386. The van der Waals surface area contributed by atoms with Crippen LogP contribution < -0.4 is 5.32 Å². The zero-order valence-corrected chi connectivity index (χ0v) is 13.2. The van der Waals surface area contributed by atoms with E-state index in [9.17, 15) is 9.59 Å². The smallest absolute Gasteiger partial charge is 0.245 e. The summed E-state index contributed by atoms with van der Waals surface area (Å²) >= 11 is 0. The van der Waals surface area contributed by atoms with Crippen molar-refractivity contribution < 1.29 is 9.59 Å². The molecule has 0 spiro atoms. The van der Waals surface area contributed by atoms with E-state index in [0.717, 1.165) is 13.0 Å². The summed E-state index contributed by atoms with van der Waals surface area (Å²) in [5.74, 6) is 1.15. The maximum Gasteiger partial charge on any atom is 0.245 e. The van der Waals surface area contributed by atoms with Crippen LogP contribution in [0.15, 0.2) is 0 Å². The molecule has 2 fully saturated rings. The average molecular weight is 280 g/mol. The Hall–Kier alpha value is -1.06. The van der Waals surface area contributed by atoms with E-state index in [0.29, 0.717) is 30.2 Å². The predicted octanol–water partition coefficient (Wildman–Crippen LogP) is 2.19. The van der Waals surface area contributed by atoms with Crippen molar-refractivity contribution in [2.45, 2.75) is 59.4 Å². The quantitative estimate of drug-likeness (QED) is 0.839. The molecule has 0 aromatic heterocycles. The highest BCUT2D eigenvalue weighted by Gasteiger charge is 2.48. The van der Waals surface area contributed by atoms with Crippen molar-refractivity contribution in [1.29, 1.82) is 0 Å². The van der Waals surface area contributed by atoms with Crippen LogP contribution in [0.5, 0.6) is 0 Å². The van der Waals surface area contributed by atoms with Gasteiger partial charge in [0.2, 0.25) is 11.8 Å². The maximum atomic E-state index is 12.7. The number of rotatable bonds is 5. The molecule has 1 unspecified atom stereocenters. The first-order valence-electron chi connectivity index (χ1n) is 7.92. The summed E-state index contributed by atoms with van der Waals surface area (Å²) in [6.45, 7) is 10.1. The number of nitrogens with one attached hydrogen (secondary N) is 1. The van der Waals surface area contributed by atoms with Gasteiger partial charge in [-0.25, -0.2) is 0 Å².